The van der Waals surface area contributed by atoms with E-state index in [-0.39, 0.29) is 0 Å². The van der Waals surface area contributed by atoms with Gasteiger partial charge in [-0.3, -0.25) is 9.79 Å². The summed E-state index contributed by atoms with van der Waals surface area (Å²) >= 11 is 0. The molecule has 0 spiro atoms. The summed E-state index contributed by atoms with van der Waals surface area (Å²) in [5.74, 6) is -0.617. The molecule has 4 nitrogen and oxygen atoms in total. The Hall–Kier alpha value is -0.450. The van der Waals surface area contributed by atoms with Crippen molar-refractivity contribution in [1.29, 1.82) is 0 Å². The standard InChI is InChI=1S/C4H7F2O4P/c1-3(2-4(5)6)10-11(7,8)9/h4H,1-2H2,(H2,7,8,9). The van der Waals surface area contributed by atoms with Crippen LogP contribution in [0.25, 0.3) is 0 Å². The number of alkyl halides is 2. The monoisotopic (exact) mass is 188 g/mol. The van der Waals surface area contributed by atoms with Crippen LogP contribution in [0.3, 0.4) is 0 Å². The van der Waals surface area contributed by atoms with Crippen LogP contribution < -0.4 is 0 Å². The second kappa shape index (κ2) is 3.80. The van der Waals surface area contributed by atoms with Crippen molar-refractivity contribution in [2.24, 2.45) is 0 Å². The first kappa shape index (κ1) is 10.6. The maximum absolute atomic E-state index is 11.5. The van der Waals surface area contributed by atoms with Crippen LogP contribution in [0.1, 0.15) is 6.42 Å². The normalized spacial score (nSPS) is 11.7. The van der Waals surface area contributed by atoms with Gasteiger partial charge in [0.15, 0.2) is 0 Å². The molecule has 0 bridgehead atoms. The molecule has 0 heterocycles. The lowest BCUT2D eigenvalue weighted by Gasteiger charge is -2.07. The molecule has 2 N–H and O–H groups in total. The van der Waals surface area contributed by atoms with E-state index in [4.69, 9.17) is 9.79 Å². The van der Waals surface area contributed by atoms with Crippen LogP contribution >= 0.6 is 7.82 Å². The predicted octanol–water partition coefficient (Wildman–Crippen LogP) is 1.26. The maximum atomic E-state index is 11.5. The second-order valence-electron chi connectivity index (χ2n) is 1.72. The third-order valence-electron chi connectivity index (χ3n) is 0.630. The van der Waals surface area contributed by atoms with Crippen molar-refractivity contribution in [1.82, 2.24) is 0 Å². The van der Waals surface area contributed by atoms with Crippen LogP contribution in [0.5, 0.6) is 0 Å². The molecule has 11 heavy (non-hydrogen) atoms. The van der Waals surface area contributed by atoms with Gasteiger partial charge < -0.3 is 4.52 Å². The van der Waals surface area contributed by atoms with E-state index in [9.17, 15) is 13.3 Å². The van der Waals surface area contributed by atoms with Gasteiger partial charge in [-0.1, -0.05) is 6.58 Å². The van der Waals surface area contributed by atoms with E-state index >= 15 is 0 Å². The summed E-state index contributed by atoms with van der Waals surface area (Å²) in [5.41, 5.74) is 0. The van der Waals surface area contributed by atoms with Crippen molar-refractivity contribution in [3.63, 3.8) is 0 Å². The zero-order valence-electron chi connectivity index (χ0n) is 5.41. The van der Waals surface area contributed by atoms with Gasteiger partial charge in [0.1, 0.15) is 5.76 Å². The molecule has 7 heteroatoms. The molecule has 0 aliphatic heterocycles. The van der Waals surface area contributed by atoms with Gasteiger partial charge in [0.2, 0.25) is 6.43 Å². The first-order chi connectivity index (χ1) is 4.81. The van der Waals surface area contributed by atoms with Crippen LogP contribution in [0.15, 0.2) is 12.3 Å². The van der Waals surface area contributed by atoms with Crippen LogP contribution in [-0.2, 0) is 9.09 Å². The van der Waals surface area contributed by atoms with Gasteiger partial charge in [-0.15, -0.1) is 0 Å². The lowest BCUT2D eigenvalue weighted by atomic mass is 10.4. The Morgan fingerprint density at radius 1 is 1.64 bits per heavy atom. The predicted molar refractivity (Wildman–Crippen MR) is 32.9 cm³/mol. The minimum absolute atomic E-state index is 0.617. The van der Waals surface area contributed by atoms with Crippen LogP contribution in [0, 0.1) is 0 Å². The van der Waals surface area contributed by atoms with Crippen LogP contribution in [0.4, 0.5) is 8.78 Å². The summed E-state index contributed by atoms with van der Waals surface area (Å²) in [6, 6.07) is 0. The van der Waals surface area contributed by atoms with Gasteiger partial charge in [0.25, 0.3) is 0 Å². The minimum atomic E-state index is -4.71. The number of allylic oxidation sites excluding steroid dienone is 1. The SMILES string of the molecule is C=C(CC(F)F)OP(=O)(O)O. The Labute approximate surface area is 61.7 Å². The van der Waals surface area contributed by atoms with Gasteiger partial charge >= 0.3 is 7.82 Å². The summed E-state index contributed by atoms with van der Waals surface area (Å²) in [5, 5.41) is 0. The number of phosphoric acid groups is 1. The minimum Gasteiger partial charge on any atom is -0.409 e. The maximum Gasteiger partial charge on any atom is 0.524 e. The molecule has 0 saturated carbocycles. The number of rotatable bonds is 4. The largest absolute Gasteiger partial charge is 0.524 e. The van der Waals surface area contributed by atoms with Gasteiger partial charge in [-0.2, -0.15) is 0 Å². The van der Waals surface area contributed by atoms with Crippen molar-refractivity contribution in [2.45, 2.75) is 12.8 Å². The average molecular weight is 188 g/mol. The molecular weight excluding hydrogens is 181 g/mol. The highest BCUT2D eigenvalue weighted by Crippen LogP contribution is 2.39. The quantitative estimate of drug-likeness (QED) is 0.514. The molecule has 0 amide bonds. The molecule has 0 aromatic rings. The summed E-state index contributed by atoms with van der Waals surface area (Å²) in [6.45, 7) is 2.89. The molecular formula is C4H7F2O4P. The zero-order valence-corrected chi connectivity index (χ0v) is 6.30. The fraction of sp³-hybridized carbons (Fsp3) is 0.500. The van der Waals surface area contributed by atoms with E-state index in [1.807, 2.05) is 0 Å². The number of halogens is 2. The van der Waals surface area contributed by atoms with Crippen molar-refractivity contribution >= 4 is 7.82 Å². The third kappa shape index (κ3) is 7.45. The average Bonchev–Trinajstić information content (AvgIpc) is 1.53. The fourth-order valence-electron chi connectivity index (χ4n) is 0.378. The number of hydrogen-bond donors (Lipinski definition) is 2. The molecule has 0 unspecified atom stereocenters. The zero-order chi connectivity index (χ0) is 9.07. The highest BCUT2D eigenvalue weighted by Gasteiger charge is 2.18. The van der Waals surface area contributed by atoms with Crippen molar-refractivity contribution in [2.75, 3.05) is 0 Å². The molecule has 0 rings (SSSR count). The van der Waals surface area contributed by atoms with E-state index in [0.717, 1.165) is 0 Å². The summed E-state index contributed by atoms with van der Waals surface area (Å²) in [6.07, 6.45) is -3.58. The highest BCUT2D eigenvalue weighted by molar-refractivity contribution is 7.46. The van der Waals surface area contributed by atoms with Gasteiger partial charge in [-0.25, -0.2) is 13.3 Å². The number of phosphoric ester groups is 1. The van der Waals surface area contributed by atoms with Crippen molar-refractivity contribution in [3.05, 3.63) is 12.3 Å². The van der Waals surface area contributed by atoms with Crippen molar-refractivity contribution in [3.8, 4) is 0 Å². The van der Waals surface area contributed by atoms with Crippen molar-refractivity contribution < 1.29 is 27.7 Å². The Morgan fingerprint density at radius 3 is 2.36 bits per heavy atom. The summed E-state index contributed by atoms with van der Waals surface area (Å²) in [4.78, 5) is 16.2. The summed E-state index contributed by atoms with van der Waals surface area (Å²) < 4.78 is 36.7. The summed E-state index contributed by atoms with van der Waals surface area (Å²) in [7, 11) is -4.71. The first-order valence-electron chi connectivity index (χ1n) is 2.52. The molecule has 0 radical (unpaired) electrons. The van der Waals surface area contributed by atoms with E-state index in [0.29, 0.717) is 0 Å². The molecule has 0 atom stereocenters. The molecule has 0 aromatic carbocycles. The molecule has 0 aliphatic carbocycles. The first-order valence-corrected chi connectivity index (χ1v) is 4.05. The molecule has 0 aromatic heterocycles. The lowest BCUT2D eigenvalue weighted by Crippen LogP contribution is -1.95. The Kier molecular flexibility index (Phi) is 3.65. The fourth-order valence-corrected chi connectivity index (χ4v) is 0.788. The highest BCUT2D eigenvalue weighted by atomic mass is 31.2. The molecule has 0 fully saturated rings. The lowest BCUT2D eigenvalue weighted by molar-refractivity contribution is 0.129. The van der Waals surface area contributed by atoms with E-state index in [2.05, 4.69) is 11.1 Å². The topological polar surface area (TPSA) is 66.8 Å². The van der Waals surface area contributed by atoms with E-state index in [1.165, 1.54) is 0 Å². The van der Waals surface area contributed by atoms with E-state index < -0.39 is 26.4 Å². The van der Waals surface area contributed by atoms with Gasteiger partial charge in [-0.05, 0) is 0 Å². The van der Waals surface area contributed by atoms with Gasteiger partial charge in [0.05, 0.1) is 6.42 Å². The Morgan fingerprint density at radius 2 is 2.09 bits per heavy atom. The molecule has 0 aliphatic rings. The smallest absolute Gasteiger partial charge is 0.409 e. The van der Waals surface area contributed by atoms with E-state index in [1.54, 1.807) is 0 Å². The molecule has 0 saturated heterocycles. The Balaban J connectivity index is 3.80. The second-order valence-corrected chi connectivity index (χ2v) is 2.88. The number of hydrogen-bond acceptors (Lipinski definition) is 2. The van der Waals surface area contributed by atoms with Crippen LogP contribution in [-0.4, -0.2) is 16.2 Å². The molecule has 66 valence electrons. The Bertz CT molecular complexity index is 187. The van der Waals surface area contributed by atoms with Gasteiger partial charge in [0, 0.05) is 0 Å². The van der Waals surface area contributed by atoms with Crippen LogP contribution in [0.2, 0.25) is 0 Å². The third-order valence-corrected chi connectivity index (χ3v) is 1.13.